The molecule has 0 radical (unpaired) electrons. The fourth-order valence-corrected chi connectivity index (χ4v) is 6.02. The number of anilines is 1. The first-order valence-electron chi connectivity index (χ1n) is 11.0. The van der Waals surface area contributed by atoms with E-state index in [1.165, 1.54) is 4.90 Å². The topological polar surface area (TPSA) is 83.1 Å². The van der Waals surface area contributed by atoms with Crippen molar-refractivity contribution < 1.29 is 19.7 Å². The number of nitrogens with zero attached hydrogens (tertiary/aromatic N) is 1. The molecule has 0 aliphatic carbocycles. The van der Waals surface area contributed by atoms with Crippen LogP contribution in [0.15, 0.2) is 36.4 Å². The van der Waals surface area contributed by atoms with Gasteiger partial charge in [0.05, 0.1) is 12.2 Å². The number of fused-ring (bicyclic) bond motifs is 4. The number of amides is 3. The van der Waals surface area contributed by atoms with E-state index in [-0.39, 0.29) is 36.2 Å². The quantitative estimate of drug-likeness (QED) is 0.702. The van der Waals surface area contributed by atoms with Gasteiger partial charge in [-0.05, 0) is 42.7 Å². The average molecular weight is 453 g/mol. The molecule has 3 N–H and O–H groups in total. The van der Waals surface area contributed by atoms with Crippen molar-refractivity contribution in [3.8, 4) is 0 Å². The molecule has 3 heterocycles. The maximum atomic E-state index is 13.8. The van der Waals surface area contributed by atoms with Crippen LogP contribution in [-0.2, 0) is 26.5 Å². The third kappa shape index (κ3) is 2.66. The molecule has 1 spiro atoms. The van der Waals surface area contributed by atoms with Gasteiger partial charge in [-0.2, -0.15) is 0 Å². The number of likely N-dealkylation sites (tertiary alicyclic amines) is 1. The van der Waals surface area contributed by atoms with Gasteiger partial charge < -0.3 is 10.6 Å². The molecular formula is C25H27ClN3O3+. The summed E-state index contributed by atoms with van der Waals surface area (Å²) in [7, 11) is 0. The normalized spacial score (nSPS) is 28.6. The van der Waals surface area contributed by atoms with E-state index in [0.717, 1.165) is 27.9 Å². The molecule has 2 aromatic carbocycles. The number of hydrogen-bond donors (Lipinski definition) is 2. The molecule has 3 amide bonds. The monoisotopic (exact) mass is 452 g/mol. The minimum absolute atomic E-state index is 0.113. The van der Waals surface area contributed by atoms with Gasteiger partial charge in [0.1, 0.15) is 17.9 Å². The van der Waals surface area contributed by atoms with Crippen molar-refractivity contribution in [3.05, 3.63) is 63.7 Å². The highest BCUT2D eigenvalue weighted by molar-refractivity contribution is 6.31. The zero-order chi connectivity index (χ0) is 22.9. The molecule has 0 saturated carbocycles. The molecule has 2 fully saturated rings. The maximum absolute atomic E-state index is 13.8. The average Bonchev–Trinajstić information content (AvgIpc) is 3.34. The third-order valence-corrected chi connectivity index (χ3v) is 8.02. The van der Waals surface area contributed by atoms with Crippen LogP contribution in [0.25, 0.3) is 0 Å². The molecule has 32 heavy (non-hydrogen) atoms. The van der Waals surface area contributed by atoms with Crippen LogP contribution in [0.1, 0.15) is 36.1 Å². The first-order chi connectivity index (χ1) is 15.2. The summed E-state index contributed by atoms with van der Waals surface area (Å²) in [6.07, 6.45) is 0. The van der Waals surface area contributed by atoms with Crippen LogP contribution < -0.4 is 10.6 Å². The first kappa shape index (κ1) is 21.2. The van der Waals surface area contributed by atoms with Crippen molar-refractivity contribution in [3.63, 3.8) is 0 Å². The van der Waals surface area contributed by atoms with Gasteiger partial charge >= 0.3 is 0 Å². The van der Waals surface area contributed by atoms with Gasteiger partial charge in [0, 0.05) is 16.5 Å². The van der Waals surface area contributed by atoms with Crippen LogP contribution in [0.5, 0.6) is 0 Å². The minimum Gasteiger partial charge on any atom is -0.326 e. The van der Waals surface area contributed by atoms with Gasteiger partial charge in [0.15, 0.2) is 0 Å². The molecule has 7 heteroatoms. The van der Waals surface area contributed by atoms with Crippen LogP contribution in [0, 0.1) is 31.6 Å². The zero-order valence-electron chi connectivity index (χ0n) is 18.6. The lowest BCUT2D eigenvalue weighted by Crippen LogP contribution is -2.99. The van der Waals surface area contributed by atoms with E-state index in [9.17, 15) is 14.4 Å². The molecule has 0 unspecified atom stereocenters. The molecular weight excluding hydrogens is 426 g/mol. The lowest BCUT2D eigenvalue weighted by atomic mass is 9.75. The second kappa shape index (κ2) is 7.15. The number of halogens is 1. The number of hydrogen-bond acceptors (Lipinski definition) is 3. The summed E-state index contributed by atoms with van der Waals surface area (Å²) in [6.45, 7) is 8.18. The molecule has 6 nitrogen and oxygen atoms in total. The minimum atomic E-state index is -1.13. The van der Waals surface area contributed by atoms with E-state index in [2.05, 4.69) is 5.32 Å². The number of benzene rings is 2. The number of carbonyl (C=O) groups is 3. The molecule has 0 bridgehead atoms. The SMILES string of the molecule is Cc1ccc2c(c1C)NC(=O)[C@@]21[NH2+][C@@H](C(C)C)[C@H]2C(=O)N(Cc3ccccc3Cl)C(=O)[C@H]21. The first-order valence-corrected chi connectivity index (χ1v) is 11.4. The molecule has 2 saturated heterocycles. The predicted molar refractivity (Wildman–Crippen MR) is 121 cm³/mol. The van der Waals surface area contributed by atoms with Crippen molar-refractivity contribution in [2.24, 2.45) is 17.8 Å². The number of imide groups is 1. The summed E-state index contributed by atoms with van der Waals surface area (Å²) in [6, 6.07) is 11.0. The molecule has 3 aliphatic rings. The fraction of sp³-hybridized carbons (Fsp3) is 0.400. The Balaban J connectivity index is 1.64. The number of quaternary nitrogens is 1. The second-order valence-corrected chi connectivity index (χ2v) is 10.0. The van der Waals surface area contributed by atoms with E-state index in [1.54, 1.807) is 6.07 Å². The van der Waals surface area contributed by atoms with Crippen molar-refractivity contribution >= 4 is 35.0 Å². The number of nitrogens with one attached hydrogen (secondary N) is 1. The largest absolute Gasteiger partial charge is 0.326 e. The Morgan fingerprint density at radius 2 is 1.81 bits per heavy atom. The summed E-state index contributed by atoms with van der Waals surface area (Å²) in [5, 5.41) is 5.55. The van der Waals surface area contributed by atoms with Crippen LogP contribution in [0.3, 0.4) is 0 Å². The molecule has 4 atom stereocenters. The zero-order valence-corrected chi connectivity index (χ0v) is 19.4. The Hall–Kier alpha value is -2.70. The highest BCUT2D eigenvalue weighted by Gasteiger charge is 2.74. The van der Waals surface area contributed by atoms with Gasteiger partial charge in [-0.3, -0.25) is 19.3 Å². The van der Waals surface area contributed by atoms with Crippen LogP contribution in [0.4, 0.5) is 5.69 Å². The number of carbonyl (C=O) groups excluding carboxylic acids is 3. The van der Waals surface area contributed by atoms with Gasteiger partial charge in [-0.15, -0.1) is 0 Å². The third-order valence-electron chi connectivity index (χ3n) is 7.65. The van der Waals surface area contributed by atoms with E-state index < -0.39 is 17.4 Å². The molecule has 0 aromatic heterocycles. The summed E-state index contributed by atoms with van der Waals surface area (Å²) in [5.74, 6) is -1.89. The Morgan fingerprint density at radius 1 is 1.09 bits per heavy atom. The molecule has 2 aromatic rings. The summed E-state index contributed by atoms with van der Waals surface area (Å²) >= 11 is 6.32. The molecule has 3 aliphatic heterocycles. The lowest BCUT2D eigenvalue weighted by molar-refractivity contribution is -0.738. The van der Waals surface area contributed by atoms with Crippen LogP contribution in [0.2, 0.25) is 5.02 Å². The summed E-state index contributed by atoms with van der Waals surface area (Å²) in [4.78, 5) is 42.3. The van der Waals surface area contributed by atoms with E-state index in [1.807, 2.05) is 63.3 Å². The lowest BCUT2D eigenvalue weighted by Gasteiger charge is -2.27. The van der Waals surface area contributed by atoms with E-state index in [4.69, 9.17) is 11.6 Å². The number of aryl methyl sites for hydroxylation is 1. The van der Waals surface area contributed by atoms with Gasteiger partial charge in [0.2, 0.25) is 17.4 Å². The molecule has 5 rings (SSSR count). The maximum Gasteiger partial charge on any atom is 0.291 e. The smallest absolute Gasteiger partial charge is 0.291 e. The Kier molecular flexibility index (Phi) is 4.73. The number of rotatable bonds is 3. The van der Waals surface area contributed by atoms with Crippen molar-refractivity contribution in [2.75, 3.05) is 5.32 Å². The standard InChI is InChI=1S/C25H26ClN3O3/c1-12(2)20-18-19(23(31)29(22(18)30)11-15-7-5-6-8-17(15)26)25(28-20)16-10-9-13(3)14(4)21(16)27-24(25)32/h5-10,12,18-20,28H,11H2,1-4H3,(H,27,32)/p+1/t18-,19-,20-,25+/m0/s1. The van der Waals surface area contributed by atoms with Crippen molar-refractivity contribution in [1.82, 2.24) is 4.90 Å². The van der Waals surface area contributed by atoms with Gasteiger partial charge in [0.25, 0.3) is 5.91 Å². The second-order valence-electron chi connectivity index (χ2n) is 9.60. The predicted octanol–water partition coefficient (Wildman–Crippen LogP) is 2.51. The fourth-order valence-electron chi connectivity index (χ4n) is 5.82. The number of nitrogens with two attached hydrogens (primary N) is 1. The summed E-state index contributed by atoms with van der Waals surface area (Å²) < 4.78 is 0. The van der Waals surface area contributed by atoms with E-state index in [0.29, 0.717) is 5.02 Å². The van der Waals surface area contributed by atoms with Crippen molar-refractivity contribution in [1.29, 1.82) is 0 Å². The van der Waals surface area contributed by atoms with Gasteiger partial charge in [-0.25, -0.2) is 0 Å². The van der Waals surface area contributed by atoms with Gasteiger partial charge in [-0.1, -0.05) is 49.7 Å². The van der Waals surface area contributed by atoms with E-state index >= 15 is 0 Å². The Bertz CT molecular complexity index is 1180. The Morgan fingerprint density at radius 3 is 2.50 bits per heavy atom. The summed E-state index contributed by atoms with van der Waals surface area (Å²) in [5.41, 5.74) is 3.25. The Labute approximate surface area is 192 Å². The molecule has 166 valence electrons. The van der Waals surface area contributed by atoms with Crippen molar-refractivity contribution in [2.45, 2.75) is 45.8 Å². The van der Waals surface area contributed by atoms with Crippen LogP contribution >= 0.6 is 11.6 Å². The highest BCUT2D eigenvalue weighted by atomic mass is 35.5. The highest BCUT2D eigenvalue weighted by Crippen LogP contribution is 2.51. The van der Waals surface area contributed by atoms with Crippen LogP contribution in [-0.4, -0.2) is 28.7 Å².